The molecule has 0 aromatic heterocycles. The van der Waals surface area contributed by atoms with E-state index in [4.69, 9.17) is 15.2 Å². The SMILES string of the molecule is CCCCC(CNC(=O)OC(C)(C)C)NC(N)=NCCCOCC. The molecule has 4 N–H and O–H groups in total. The van der Waals surface area contributed by atoms with Crippen molar-refractivity contribution in [3.8, 4) is 0 Å². The normalized spacial score (nSPS) is 13.5. The van der Waals surface area contributed by atoms with Gasteiger partial charge in [0.05, 0.1) is 0 Å². The van der Waals surface area contributed by atoms with Crippen LogP contribution in [-0.2, 0) is 9.47 Å². The first kappa shape index (κ1) is 22.5. The summed E-state index contributed by atoms with van der Waals surface area (Å²) < 4.78 is 10.5. The number of rotatable bonds is 11. The van der Waals surface area contributed by atoms with Crippen molar-refractivity contribution in [1.82, 2.24) is 10.6 Å². The van der Waals surface area contributed by atoms with Crippen LogP contribution in [-0.4, -0.2) is 50.0 Å². The molecule has 0 aliphatic rings. The zero-order valence-corrected chi connectivity index (χ0v) is 16.0. The maximum absolute atomic E-state index is 11.8. The fourth-order valence-corrected chi connectivity index (χ4v) is 1.96. The standard InChI is InChI=1S/C17H36N4O3/c1-6-8-10-14(13-20-16(22)24-17(3,4)5)21-15(18)19-11-9-12-23-7-2/h14H,6-13H2,1-5H3,(H,20,22)(H3,18,19,21). The Bertz CT molecular complexity index is 367. The Balaban J connectivity index is 4.28. The highest BCUT2D eigenvalue weighted by molar-refractivity contribution is 5.78. The van der Waals surface area contributed by atoms with Crippen LogP contribution >= 0.6 is 0 Å². The van der Waals surface area contributed by atoms with Gasteiger partial charge in [0, 0.05) is 32.3 Å². The topological polar surface area (TPSA) is 98.0 Å². The number of guanidine groups is 1. The van der Waals surface area contributed by atoms with Gasteiger partial charge < -0.3 is 25.8 Å². The molecule has 0 spiro atoms. The number of unbranched alkanes of at least 4 members (excludes halogenated alkanes) is 1. The zero-order valence-electron chi connectivity index (χ0n) is 16.0. The van der Waals surface area contributed by atoms with Crippen LogP contribution in [0.4, 0.5) is 4.79 Å². The summed E-state index contributed by atoms with van der Waals surface area (Å²) in [7, 11) is 0. The zero-order chi connectivity index (χ0) is 18.4. The van der Waals surface area contributed by atoms with Crippen molar-refractivity contribution in [1.29, 1.82) is 0 Å². The number of ether oxygens (including phenoxy) is 2. The van der Waals surface area contributed by atoms with Crippen molar-refractivity contribution in [2.45, 2.75) is 71.9 Å². The van der Waals surface area contributed by atoms with Crippen LogP contribution in [0, 0.1) is 0 Å². The Morgan fingerprint density at radius 3 is 2.54 bits per heavy atom. The van der Waals surface area contributed by atoms with Crippen LogP contribution in [0.25, 0.3) is 0 Å². The summed E-state index contributed by atoms with van der Waals surface area (Å²) in [6.07, 6.45) is 3.45. The highest BCUT2D eigenvalue weighted by atomic mass is 16.6. The summed E-state index contributed by atoms with van der Waals surface area (Å²) in [6.45, 7) is 12.1. The maximum atomic E-state index is 11.8. The average Bonchev–Trinajstić information content (AvgIpc) is 2.48. The summed E-state index contributed by atoms with van der Waals surface area (Å²) in [5.74, 6) is 0.401. The molecule has 0 fully saturated rings. The van der Waals surface area contributed by atoms with E-state index in [1.807, 2.05) is 27.7 Å². The number of alkyl carbamates (subject to hydrolysis) is 1. The second-order valence-corrected chi connectivity index (χ2v) is 6.68. The number of nitrogens with two attached hydrogens (primary N) is 1. The Morgan fingerprint density at radius 1 is 1.25 bits per heavy atom. The average molecular weight is 345 g/mol. The molecule has 0 aliphatic heterocycles. The van der Waals surface area contributed by atoms with Crippen molar-refractivity contribution in [3.05, 3.63) is 0 Å². The summed E-state index contributed by atoms with van der Waals surface area (Å²) in [5, 5.41) is 5.96. The van der Waals surface area contributed by atoms with Crippen LogP contribution in [0.5, 0.6) is 0 Å². The molecule has 0 saturated heterocycles. The van der Waals surface area contributed by atoms with E-state index in [1.165, 1.54) is 0 Å². The molecule has 0 rings (SSSR count). The van der Waals surface area contributed by atoms with Gasteiger partial charge in [0.25, 0.3) is 0 Å². The summed E-state index contributed by atoms with van der Waals surface area (Å²) >= 11 is 0. The van der Waals surface area contributed by atoms with Crippen molar-refractivity contribution in [2.75, 3.05) is 26.3 Å². The van der Waals surface area contributed by atoms with E-state index < -0.39 is 11.7 Å². The molecule has 0 aliphatic carbocycles. The second-order valence-electron chi connectivity index (χ2n) is 6.68. The van der Waals surface area contributed by atoms with Gasteiger partial charge in [-0.3, -0.25) is 4.99 Å². The van der Waals surface area contributed by atoms with Crippen LogP contribution in [0.15, 0.2) is 4.99 Å². The lowest BCUT2D eigenvalue weighted by atomic mass is 10.1. The van der Waals surface area contributed by atoms with Gasteiger partial charge in [-0.05, 0) is 40.5 Å². The molecular formula is C17H36N4O3. The molecule has 7 heteroatoms. The molecule has 0 aromatic rings. The lowest BCUT2D eigenvalue weighted by molar-refractivity contribution is 0.0523. The lowest BCUT2D eigenvalue weighted by Gasteiger charge is -2.23. The third-order valence-corrected chi connectivity index (χ3v) is 3.08. The van der Waals surface area contributed by atoms with Crippen molar-refractivity contribution >= 4 is 12.1 Å². The number of hydrogen-bond acceptors (Lipinski definition) is 4. The first-order chi connectivity index (χ1) is 11.3. The monoisotopic (exact) mass is 344 g/mol. The smallest absolute Gasteiger partial charge is 0.407 e. The first-order valence-corrected chi connectivity index (χ1v) is 8.89. The molecular weight excluding hydrogens is 308 g/mol. The highest BCUT2D eigenvalue weighted by Gasteiger charge is 2.17. The fraction of sp³-hybridized carbons (Fsp3) is 0.882. The third-order valence-electron chi connectivity index (χ3n) is 3.08. The lowest BCUT2D eigenvalue weighted by Crippen LogP contribution is -2.47. The second kappa shape index (κ2) is 12.9. The minimum absolute atomic E-state index is 0.0353. The molecule has 0 bridgehead atoms. The molecule has 142 valence electrons. The van der Waals surface area contributed by atoms with Gasteiger partial charge in [-0.2, -0.15) is 0 Å². The van der Waals surface area contributed by atoms with Gasteiger partial charge in [0.15, 0.2) is 5.96 Å². The molecule has 0 saturated carbocycles. The van der Waals surface area contributed by atoms with Gasteiger partial charge in [0.2, 0.25) is 0 Å². The minimum Gasteiger partial charge on any atom is -0.444 e. The van der Waals surface area contributed by atoms with E-state index >= 15 is 0 Å². The number of carbonyl (C=O) groups is 1. The van der Waals surface area contributed by atoms with Crippen LogP contribution in [0.1, 0.15) is 60.3 Å². The number of aliphatic imine (C=N–C) groups is 1. The molecule has 7 nitrogen and oxygen atoms in total. The number of carbonyl (C=O) groups excluding carboxylic acids is 1. The molecule has 0 heterocycles. The maximum Gasteiger partial charge on any atom is 0.407 e. The van der Waals surface area contributed by atoms with Gasteiger partial charge in [-0.1, -0.05) is 19.8 Å². The van der Waals surface area contributed by atoms with Gasteiger partial charge in [-0.15, -0.1) is 0 Å². The largest absolute Gasteiger partial charge is 0.444 e. The molecule has 0 radical (unpaired) electrons. The quantitative estimate of drug-likeness (QED) is 0.304. The van der Waals surface area contributed by atoms with E-state index in [0.29, 0.717) is 32.3 Å². The molecule has 0 aromatic carbocycles. The first-order valence-electron chi connectivity index (χ1n) is 8.89. The number of nitrogens with one attached hydrogen (secondary N) is 2. The van der Waals surface area contributed by atoms with Gasteiger partial charge in [0.1, 0.15) is 5.60 Å². The Labute approximate surface area is 146 Å². The molecule has 1 amide bonds. The van der Waals surface area contributed by atoms with E-state index in [-0.39, 0.29) is 6.04 Å². The van der Waals surface area contributed by atoms with Crippen LogP contribution in [0.3, 0.4) is 0 Å². The number of nitrogens with zero attached hydrogens (tertiary/aromatic N) is 1. The molecule has 1 atom stereocenters. The van der Waals surface area contributed by atoms with Crippen molar-refractivity contribution < 1.29 is 14.3 Å². The minimum atomic E-state index is -0.503. The summed E-state index contributed by atoms with van der Waals surface area (Å²) in [5.41, 5.74) is 5.42. The third kappa shape index (κ3) is 14.1. The van der Waals surface area contributed by atoms with E-state index in [0.717, 1.165) is 25.7 Å². The predicted octanol–water partition coefficient (Wildman–Crippen LogP) is 2.40. The molecule has 24 heavy (non-hydrogen) atoms. The summed E-state index contributed by atoms with van der Waals surface area (Å²) in [4.78, 5) is 16.0. The highest BCUT2D eigenvalue weighted by Crippen LogP contribution is 2.06. The number of amides is 1. The Kier molecular flexibility index (Phi) is 12.1. The van der Waals surface area contributed by atoms with Crippen molar-refractivity contribution in [3.63, 3.8) is 0 Å². The Hall–Kier alpha value is -1.50. The van der Waals surface area contributed by atoms with E-state index in [1.54, 1.807) is 0 Å². The van der Waals surface area contributed by atoms with Crippen LogP contribution in [0.2, 0.25) is 0 Å². The van der Waals surface area contributed by atoms with Crippen molar-refractivity contribution in [2.24, 2.45) is 10.7 Å². The Morgan fingerprint density at radius 2 is 1.96 bits per heavy atom. The number of hydrogen-bond donors (Lipinski definition) is 3. The van der Waals surface area contributed by atoms with Gasteiger partial charge >= 0.3 is 6.09 Å². The summed E-state index contributed by atoms with van der Waals surface area (Å²) in [6, 6.07) is 0.0353. The van der Waals surface area contributed by atoms with Crippen LogP contribution < -0.4 is 16.4 Å². The van der Waals surface area contributed by atoms with E-state index in [9.17, 15) is 4.79 Å². The fourth-order valence-electron chi connectivity index (χ4n) is 1.96. The van der Waals surface area contributed by atoms with E-state index in [2.05, 4.69) is 22.5 Å². The molecule has 1 unspecified atom stereocenters. The van der Waals surface area contributed by atoms with Gasteiger partial charge in [-0.25, -0.2) is 4.79 Å². The predicted molar refractivity (Wildman–Crippen MR) is 98.3 cm³/mol.